The number of nitrogens with one attached hydrogen (secondary N) is 1. The number of aliphatic imine (C=N–C) groups is 2. The molecule has 14 heavy (non-hydrogen) atoms. The minimum absolute atomic E-state index is 0.788. The number of rotatable bonds is 0. The maximum absolute atomic E-state index is 4.17. The maximum atomic E-state index is 4.17. The first-order chi connectivity index (χ1) is 6.95. The van der Waals surface area contributed by atoms with Crippen LogP contribution in [0.3, 0.4) is 0 Å². The lowest BCUT2D eigenvalue weighted by Gasteiger charge is -1.88. The third-order valence-corrected chi connectivity index (χ3v) is 1.99. The van der Waals surface area contributed by atoms with Gasteiger partial charge in [-0.05, 0) is 5.87 Å². The van der Waals surface area contributed by atoms with E-state index in [4.69, 9.17) is 0 Å². The molecular formula is C9H5N5. The Kier molecular flexibility index (Phi) is 1.34. The SMILES string of the molecule is C1=Cc2[nH]c3cncnc3c2N=CN=1. The summed E-state index contributed by atoms with van der Waals surface area (Å²) in [7, 11) is 0. The molecule has 2 aromatic heterocycles. The van der Waals surface area contributed by atoms with Gasteiger partial charge < -0.3 is 4.98 Å². The van der Waals surface area contributed by atoms with Crippen LogP contribution in [0.2, 0.25) is 0 Å². The highest BCUT2D eigenvalue weighted by Gasteiger charge is 2.09. The van der Waals surface area contributed by atoms with Crippen LogP contribution in [0, 0.1) is 0 Å². The second-order valence-electron chi connectivity index (χ2n) is 2.82. The summed E-state index contributed by atoms with van der Waals surface area (Å²) in [6.45, 7) is 0. The first kappa shape index (κ1) is 7.17. The molecule has 0 fully saturated rings. The summed E-state index contributed by atoms with van der Waals surface area (Å²) in [6, 6.07) is 0. The summed E-state index contributed by atoms with van der Waals surface area (Å²) >= 11 is 0. The fourth-order valence-electron chi connectivity index (χ4n) is 1.40. The van der Waals surface area contributed by atoms with Crippen molar-refractivity contribution in [3.63, 3.8) is 0 Å². The van der Waals surface area contributed by atoms with Gasteiger partial charge in [0.05, 0.1) is 17.4 Å². The average molecular weight is 183 g/mol. The quantitative estimate of drug-likeness (QED) is 0.669. The number of H-pyrrole nitrogens is 1. The molecule has 0 unspecified atom stereocenters. The van der Waals surface area contributed by atoms with Crippen molar-refractivity contribution < 1.29 is 0 Å². The van der Waals surface area contributed by atoms with Crippen LogP contribution in [-0.2, 0) is 0 Å². The molecule has 0 bridgehead atoms. The van der Waals surface area contributed by atoms with Gasteiger partial charge in [-0.15, -0.1) is 0 Å². The van der Waals surface area contributed by atoms with Crippen molar-refractivity contribution in [2.45, 2.75) is 0 Å². The highest BCUT2D eigenvalue weighted by molar-refractivity contribution is 5.99. The van der Waals surface area contributed by atoms with Crippen LogP contribution in [-0.4, -0.2) is 27.2 Å². The summed E-state index contributed by atoms with van der Waals surface area (Å²) in [5.74, 6) is 2.74. The smallest absolute Gasteiger partial charge is 0.126 e. The van der Waals surface area contributed by atoms with Crippen LogP contribution in [0.1, 0.15) is 5.69 Å². The summed E-state index contributed by atoms with van der Waals surface area (Å²) in [5, 5.41) is 0. The second-order valence-corrected chi connectivity index (χ2v) is 2.82. The fraction of sp³-hybridized carbons (Fsp3) is 0. The number of nitrogens with zero attached hydrogens (tertiary/aromatic N) is 4. The van der Waals surface area contributed by atoms with Gasteiger partial charge in [-0.3, -0.25) is 0 Å². The molecule has 5 nitrogen and oxygen atoms in total. The summed E-state index contributed by atoms with van der Waals surface area (Å²) < 4.78 is 0. The van der Waals surface area contributed by atoms with Crippen molar-refractivity contribution in [3.05, 3.63) is 18.2 Å². The Morgan fingerprint density at radius 3 is 3.36 bits per heavy atom. The molecule has 1 N–H and O–H groups in total. The van der Waals surface area contributed by atoms with E-state index in [0.717, 1.165) is 22.4 Å². The third-order valence-electron chi connectivity index (χ3n) is 1.99. The van der Waals surface area contributed by atoms with E-state index in [1.165, 1.54) is 12.7 Å². The van der Waals surface area contributed by atoms with Crippen LogP contribution >= 0.6 is 0 Å². The molecule has 0 spiro atoms. The maximum Gasteiger partial charge on any atom is 0.126 e. The number of hydrogen-bond acceptors (Lipinski definition) is 4. The van der Waals surface area contributed by atoms with Crippen molar-refractivity contribution in [1.29, 1.82) is 0 Å². The molecule has 0 aliphatic carbocycles. The second kappa shape index (κ2) is 2.61. The van der Waals surface area contributed by atoms with Gasteiger partial charge in [-0.25, -0.2) is 15.0 Å². The first-order valence-corrected chi connectivity index (χ1v) is 4.08. The van der Waals surface area contributed by atoms with E-state index in [1.807, 2.05) is 0 Å². The summed E-state index contributed by atoms with van der Waals surface area (Å²) in [6.07, 6.45) is 6.42. The van der Waals surface area contributed by atoms with E-state index in [0.29, 0.717) is 0 Å². The fourth-order valence-corrected chi connectivity index (χ4v) is 1.40. The Labute approximate surface area is 79.0 Å². The number of aromatic nitrogens is 3. The van der Waals surface area contributed by atoms with Crippen molar-refractivity contribution >= 4 is 35.0 Å². The van der Waals surface area contributed by atoms with Gasteiger partial charge in [0.25, 0.3) is 0 Å². The van der Waals surface area contributed by atoms with Crippen molar-refractivity contribution in [1.82, 2.24) is 15.0 Å². The van der Waals surface area contributed by atoms with Gasteiger partial charge in [-0.1, -0.05) is 0 Å². The first-order valence-electron chi connectivity index (χ1n) is 4.08. The zero-order valence-electron chi connectivity index (χ0n) is 7.10. The molecule has 1 aliphatic rings. The number of fused-ring (bicyclic) bond motifs is 3. The van der Waals surface area contributed by atoms with E-state index in [2.05, 4.69) is 30.8 Å². The molecule has 0 amide bonds. The Bertz CT molecular complexity index is 586. The lowest BCUT2D eigenvalue weighted by molar-refractivity contribution is 1.22. The average Bonchev–Trinajstić information content (AvgIpc) is 2.42. The van der Waals surface area contributed by atoms with Gasteiger partial charge in [0.2, 0.25) is 0 Å². The van der Waals surface area contributed by atoms with Gasteiger partial charge in [0.1, 0.15) is 23.9 Å². The molecule has 0 aromatic carbocycles. The lowest BCUT2D eigenvalue weighted by atomic mass is 10.3. The normalized spacial score (nSPS) is 13.1. The zero-order chi connectivity index (χ0) is 9.38. The number of aromatic amines is 1. The van der Waals surface area contributed by atoms with Gasteiger partial charge in [-0.2, -0.15) is 4.99 Å². The topological polar surface area (TPSA) is 66.3 Å². The van der Waals surface area contributed by atoms with Crippen LogP contribution in [0.4, 0.5) is 5.69 Å². The molecule has 3 rings (SSSR count). The summed E-state index contributed by atoms with van der Waals surface area (Å²) in [4.78, 5) is 19.2. The largest absolute Gasteiger partial charge is 0.350 e. The Hall–Kier alpha value is -2.26. The zero-order valence-corrected chi connectivity index (χ0v) is 7.10. The molecule has 2 aromatic rings. The van der Waals surface area contributed by atoms with E-state index < -0.39 is 0 Å². The Balaban J connectivity index is 2.46. The lowest BCUT2D eigenvalue weighted by Crippen LogP contribution is -1.76. The van der Waals surface area contributed by atoms with Gasteiger partial charge in [0.15, 0.2) is 0 Å². The van der Waals surface area contributed by atoms with Crippen molar-refractivity contribution in [3.8, 4) is 0 Å². The molecule has 3 heterocycles. The summed E-state index contributed by atoms with van der Waals surface area (Å²) in [5.41, 5.74) is 3.32. The van der Waals surface area contributed by atoms with Crippen LogP contribution in [0.5, 0.6) is 0 Å². The van der Waals surface area contributed by atoms with Crippen LogP contribution < -0.4 is 0 Å². The van der Waals surface area contributed by atoms with E-state index in [9.17, 15) is 0 Å². The predicted octanol–water partition coefficient (Wildman–Crippen LogP) is 1.31. The minimum Gasteiger partial charge on any atom is -0.350 e. The van der Waals surface area contributed by atoms with Gasteiger partial charge >= 0.3 is 0 Å². The van der Waals surface area contributed by atoms with Crippen molar-refractivity contribution in [2.24, 2.45) is 9.98 Å². The predicted molar refractivity (Wildman–Crippen MR) is 53.9 cm³/mol. The van der Waals surface area contributed by atoms with E-state index >= 15 is 0 Å². The van der Waals surface area contributed by atoms with Gasteiger partial charge in [0, 0.05) is 6.08 Å². The van der Waals surface area contributed by atoms with Crippen LogP contribution in [0.25, 0.3) is 17.1 Å². The molecular weight excluding hydrogens is 178 g/mol. The van der Waals surface area contributed by atoms with Crippen molar-refractivity contribution in [2.75, 3.05) is 0 Å². The Morgan fingerprint density at radius 2 is 2.36 bits per heavy atom. The monoisotopic (exact) mass is 183 g/mol. The highest BCUT2D eigenvalue weighted by atomic mass is 15.0. The molecule has 0 saturated heterocycles. The third kappa shape index (κ3) is 0.901. The molecule has 0 atom stereocenters. The molecule has 1 aliphatic heterocycles. The number of hydrogen-bond donors (Lipinski definition) is 1. The van der Waals surface area contributed by atoms with E-state index in [1.54, 1.807) is 12.3 Å². The standard InChI is InChI=1S/C9H5N5/c1-2-10-4-12-8-6(1)14-7-3-11-5-13-9(7)8/h1,3-5,14H. The molecule has 5 heteroatoms. The highest BCUT2D eigenvalue weighted by Crippen LogP contribution is 2.28. The molecule has 66 valence electrons. The van der Waals surface area contributed by atoms with Crippen LogP contribution in [0.15, 0.2) is 22.5 Å². The molecule has 0 radical (unpaired) electrons. The minimum atomic E-state index is 0.788. The molecule has 0 saturated carbocycles. The van der Waals surface area contributed by atoms with E-state index in [-0.39, 0.29) is 0 Å². The Morgan fingerprint density at radius 1 is 1.36 bits per heavy atom.